The van der Waals surface area contributed by atoms with Crippen LogP contribution in [-0.4, -0.2) is 30.4 Å². The molecule has 0 fully saturated rings. The number of benzene rings is 1. The summed E-state index contributed by atoms with van der Waals surface area (Å²) in [6.07, 6.45) is 0.403. The van der Waals surface area contributed by atoms with Crippen LogP contribution in [0.2, 0.25) is 0 Å². The van der Waals surface area contributed by atoms with Crippen molar-refractivity contribution >= 4 is 18.3 Å². The van der Waals surface area contributed by atoms with Gasteiger partial charge in [-0.15, -0.1) is 12.4 Å². The molecule has 1 amide bonds. The van der Waals surface area contributed by atoms with E-state index in [1.54, 1.807) is 4.90 Å². The normalized spacial score (nSPS) is 12.5. The van der Waals surface area contributed by atoms with E-state index >= 15 is 0 Å². The number of rotatable bonds is 5. The minimum Gasteiger partial charge on any atom is -0.345 e. The fourth-order valence-electron chi connectivity index (χ4n) is 2.21. The van der Waals surface area contributed by atoms with E-state index in [0.717, 1.165) is 0 Å². The van der Waals surface area contributed by atoms with Gasteiger partial charge in [0, 0.05) is 31.5 Å². The average Bonchev–Trinajstić information content (AvgIpc) is 2.27. The Morgan fingerprint density at radius 1 is 1.30 bits per heavy atom. The van der Waals surface area contributed by atoms with Crippen molar-refractivity contribution in [3.8, 4) is 0 Å². The van der Waals surface area contributed by atoms with Crippen LogP contribution >= 0.6 is 12.4 Å². The van der Waals surface area contributed by atoms with Crippen molar-refractivity contribution in [2.75, 3.05) is 13.6 Å². The molecule has 2 N–H and O–H groups in total. The number of carbonyl (C=O) groups is 1. The summed E-state index contributed by atoms with van der Waals surface area (Å²) in [5.74, 6) is 0.107. The molecule has 1 rings (SSSR count). The monoisotopic (exact) mass is 298 g/mol. The van der Waals surface area contributed by atoms with Crippen molar-refractivity contribution in [1.29, 1.82) is 0 Å². The van der Waals surface area contributed by atoms with Crippen LogP contribution in [0.3, 0.4) is 0 Å². The molecule has 0 bridgehead atoms. The van der Waals surface area contributed by atoms with Gasteiger partial charge in [0.05, 0.1) is 0 Å². The fourth-order valence-corrected chi connectivity index (χ4v) is 2.21. The predicted octanol–water partition coefficient (Wildman–Crippen LogP) is 2.89. The van der Waals surface area contributed by atoms with Gasteiger partial charge < -0.3 is 10.6 Å². The summed E-state index contributed by atoms with van der Waals surface area (Å²) in [6, 6.07) is 8.41. The van der Waals surface area contributed by atoms with Gasteiger partial charge in [-0.25, -0.2) is 0 Å². The minimum absolute atomic E-state index is 0. The number of aryl methyl sites for hydroxylation is 1. The second kappa shape index (κ2) is 7.65. The molecule has 3 nitrogen and oxygen atoms in total. The van der Waals surface area contributed by atoms with Crippen LogP contribution in [0.1, 0.15) is 38.3 Å². The maximum Gasteiger partial charge on any atom is 0.223 e. The standard InChI is InChI=1S/C16H26N2O.ClH/c1-12-6-8-14(9-7-12)16(3,4)11-18(5)15(19)10-13(2)17;/h6-9,13H,10-11,17H2,1-5H3;1H. The van der Waals surface area contributed by atoms with Crippen molar-refractivity contribution in [2.45, 2.75) is 45.6 Å². The Morgan fingerprint density at radius 2 is 1.80 bits per heavy atom. The summed E-state index contributed by atoms with van der Waals surface area (Å²) in [7, 11) is 1.85. The molecule has 1 atom stereocenters. The van der Waals surface area contributed by atoms with Gasteiger partial charge in [-0.1, -0.05) is 43.7 Å². The van der Waals surface area contributed by atoms with Gasteiger partial charge in [0.1, 0.15) is 0 Å². The number of hydrogen-bond acceptors (Lipinski definition) is 2. The molecule has 0 aliphatic carbocycles. The average molecular weight is 299 g/mol. The van der Waals surface area contributed by atoms with Crippen molar-refractivity contribution < 1.29 is 4.79 Å². The Hall–Kier alpha value is -1.06. The first-order valence-electron chi connectivity index (χ1n) is 6.79. The first-order valence-corrected chi connectivity index (χ1v) is 6.79. The lowest BCUT2D eigenvalue weighted by molar-refractivity contribution is -0.130. The molecule has 1 aromatic carbocycles. The van der Waals surface area contributed by atoms with E-state index in [2.05, 4.69) is 45.0 Å². The molecule has 4 heteroatoms. The Labute approximate surface area is 128 Å². The van der Waals surface area contributed by atoms with Crippen LogP contribution in [0, 0.1) is 6.92 Å². The zero-order valence-corrected chi connectivity index (χ0v) is 14.0. The van der Waals surface area contributed by atoms with Gasteiger partial charge in [-0.05, 0) is 19.4 Å². The third-order valence-electron chi connectivity index (χ3n) is 3.39. The molecule has 1 aromatic rings. The number of nitrogens with zero attached hydrogens (tertiary/aromatic N) is 1. The van der Waals surface area contributed by atoms with Gasteiger partial charge in [0.25, 0.3) is 0 Å². The number of hydrogen-bond donors (Lipinski definition) is 1. The van der Waals surface area contributed by atoms with E-state index in [4.69, 9.17) is 5.73 Å². The lowest BCUT2D eigenvalue weighted by atomic mass is 9.83. The number of carbonyl (C=O) groups excluding carboxylic acids is 1. The third kappa shape index (κ3) is 5.51. The number of amides is 1. The summed E-state index contributed by atoms with van der Waals surface area (Å²) < 4.78 is 0. The second-order valence-electron chi connectivity index (χ2n) is 6.18. The van der Waals surface area contributed by atoms with Gasteiger partial charge in [0.2, 0.25) is 5.91 Å². The topological polar surface area (TPSA) is 46.3 Å². The van der Waals surface area contributed by atoms with Crippen LogP contribution < -0.4 is 5.73 Å². The summed E-state index contributed by atoms with van der Waals surface area (Å²) in [5.41, 5.74) is 8.12. The molecule has 0 radical (unpaired) electrons. The van der Waals surface area contributed by atoms with E-state index in [9.17, 15) is 4.79 Å². The van der Waals surface area contributed by atoms with Crippen LogP contribution in [0.15, 0.2) is 24.3 Å². The molecule has 114 valence electrons. The van der Waals surface area contributed by atoms with Crippen LogP contribution in [0.25, 0.3) is 0 Å². The van der Waals surface area contributed by atoms with E-state index in [1.807, 2.05) is 14.0 Å². The highest BCUT2D eigenvalue weighted by Crippen LogP contribution is 2.24. The van der Waals surface area contributed by atoms with Crippen molar-refractivity contribution in [3.63, 3.8) is 0 Å². The molecule has 0 saturated carbocycles. The van der Waals surface area contributed by atoms with Gasteiger partial charge in [-0.2, -0.15) is 0 Å². The summed E-state index contributed by atoms with van der Waals surface area (Å²) in [6.45, 7) is 8.95. The van der Waals surface area contributed by atoms with Gasteiger partial charge in [-0.3, -0.25) is 4.79 Å². The maximum atomic E-state index is 12.0. The van der Waals surface area contributed by atoms with Crippen LogP contribution in [0.4, 0.5) is 0 Å². The first kappa shape index (κ1) is 18.9. The first-order chi connectivity index (χ1) is 8.72. The minimum atomic E-state index is -0.0857. The smallest absolute Gasteiger partial charge is 0.223 e. The molecule has 0 spiro atoms. The molecule has 20 heavy (non-hydrogen) atoms. The molecular weight excluding hydrogens is 272 g/mol. The molecule has 0 aliphatic rings. The Bertz CT molecular complexity index is 427. The Balaban J connectivity index is 0.00000361. The van der Waals surface area contributed by atoms with Crippen LogP contribution in [0.5, 0.6) is 0 Å². The van der Waals surface area contributed by atoms with Crippen molar-refractivity contribution in [2.24, 2.45) is 5.73 Å². The third-order valence-corrected chi connectivity index (χ3v) is 3.39. The lowest BCUT2D eigenvalue weighted by Crippen LogP contribution is -2.40. The molecule has 0 aliphatic heterocycles. The molecule has 1 unspecified atom stereocenters. The summed E-state index contributed by atoms with van der Waals surface area (Å²) in [4.78, 5) is 13.7. The zero-order chi connectivity index (χ0) is 14.6. The quantitative estimate of drug-likeness (QED) is 0.908. The Morgan fingerprint density at radius 3 is 2.25 bits per heavy atom. The SMILES string of the molecule is Cc1ccc(C(C)(C)CN(C)C(=O)CC(C)N)cc1.Cl. The highest BCUT2D eigenvalue weighted by molar-refractivity contribution is 5.85. The van der Waals surface area contributed by atoms with Crippen LogP contribution in [-0.2, 0) is 10.2 Å². The van der Waals surface area contributed by atoms with Gasteiger partial charge in [0.15, 0.2) is 0 Å². The summed E-state index contributed by atoms with van der Waals surface area (Å²) >= 11 is 0. The molecule has 0 aromatic heterocycles. The van der Waals surface area contributed by atoms with E-state index in [0.29, 0.717) is 13.0 Å². The summed E-state index contributed by atoms with van der Waals surface area (Å²) in [5, 5.41) is 0. The van der Waals surface area contributed by atoms with E-state index < -0.39 is 0 Å². The zero-order valence-electron chi connectivity index (χ0n) is 13.1. The predicted molar refractivity (Wildman–Crippen MR) is 87.4 cm³/mol. The second-order valence-corrected chi connectivity index (χ2v) is 6.18. The fraction of sp³-hybridized carbons (Fsp3) is 0.562. The van der Waals surface area contributed by atoms with Crippen molar-refractivity contribution in [1.82, 2.24) is 4.90 Å². The Kier molecular flexibility index (Phi) is 7.25. The highest BCUT2D eigenvalue weighted by atomic mass is 35.5. The molecule has 0 saturated heterocycles. The number of likely N-dealkylation sites (N-methyl/N-ethyl adjacent to an activating group) is 1. The van der Waals surface area contributed by atoms with E-state index in [1.165, 1.54) is 11.1 Å². The van der Waals surface area contributed by atoms with Crippen molar-refractivity contribution in [3.05, 3.63) is 35.4 Å². The molecule has 0 heterocycles. The largest absolute Gasteiger partial charge is 0.345 e. The lowest BCUT2D eigenvalue weighted by Gasteiger charge is -2.31. The molecular formula is C16H27ClN2O. The maximum absolute atomic E-state index is 12.0. The van der Waals surface area contributed by atoms with E-state index in [-0.39, 0.29) is 29.8 Å². The number of nitrogens with two attached hydrogens (primary N) is 1. The number of halogens is 1. The highest BCUT2D eigenvalue weighted by Gasteiger charge is 2.24. The van der Waals surface area contributed by atoms with Gasteiger partial charge >= 0.3 is 0 Å².